The van der Waals surface area contributed by atoms with Crippen molar-refractivity contribution in [3.63, 3.8) is 0 Å². The van der Waals surface area contributed by atoms with Crippen molar-refractivity contribution in [3.8, 4) is 11.4 Å². The lowest BCUT2D eigenvalue weighted by Crippen LogP contribution is -1.99. The number of anilines is 1. The van der Waals surface area contributed by atoms with Crippen LogP contribution in [0.4, 0.5) is 14.7 Å². The van der Waals surface area contributed by atoms with Gasteiger partial charge in [0.05, 0.1) is 0 Å². The van der Waals surface area contributed by atoms with E-state index in [2.05, 4.69) is 19.9 Å². The average Bonchev–Trinajstić information content (AvgIpc) is 3.12. The molecule has 0 radical (unpaired) electrons. The number of benzene rings is 2. The second-order valence-electron chi connectivity index (χ2n) is 5.70. The van der Waals surface area contributed by atoms with E-state index in [1.165, 1.54) is 0 Å². The molecule has 3 aromatic heterocycles. The summed E-state index contributed by atoms with van der Waals surface area (Å²) < 4.78 is 26.9. The summed E-state index contributed by atoms with van der Waals surface area (Å²) in [5.74, 6) is 0.0909. The van der Waals surface area contributed by atoms with Gasteiger partial charge in [0, 0.05) is 27.4 Å². The fourth-order valence-corrected chi connectivity index (χ4v) is 3.07. The van der Waals surface area contributed by atoms with E-state index in [1.807, 2.05) is 42.5 Å². The van der Waals surface area contributed by atoms with Crippen LogP contribution in [0.3, 0.4) is 0 Å². The number of hydrogen-bond acceptors (Lipinski definition) is 4. The summed E-state index contributed by atoms with van der Waals surface area (Å²) in [6, 6.07) is 13.6. The van der Waals surface area contributed by atoms with Crippen LogP contribution in [0, 0.1) is 6.08 Å². The Hall–Kier alpha value is -3.55. The molecule has 0 saturated heterocycles. The van der Waals surface area contributed by atoms with Gasteiger partial charge in [0.1, 0.15) is 0 Å². The molecule has 0 atom stereocenters. The maximum Gasteiger partial charge on any atom is 0.320 e. The van der Waals surface area contributed by atoms with E-state index in [1.54, 1.807) is 0 Å². The number of nitrogens with two attached hydrogens (primary N) is 1. The van der Waals surface area contributed by atoms with Crippen molar-refractivity contribution >= 4 is 38.8 Å². The lowest BCUT2D eigenvalue weighted by atomic mass is 10.1. The Bertz CT molecular complexity index is 1290. The van der Waals surface area contributed by atoms with Gasteiger partial charge < -0.3 is 10.7 Å². The number of fused-ring (bicyclic) bond motifs is 4. The Kier molecular flexibility index (Phi) is 2.62. The number of imidazole rings is 1. The predicted molar refractivity (Wildman–Crippen MR) is 91.0 cm³/mol. The summed E-state index contributed by atoms with van der Waals surface area (Å²) in [6.45, 7) is 0. The van der Waals surface area contributed by atoms with E-state index in [4.69, 9.17) is 5.73 Å². The van der Waals surface area contributed by atoms with Crippen molar-refractivity contribution in [2.24, 2.45) is 0 Å². The van der Waals surface area contributed by atoms with Crippen LogP contribution in [0.2, 0.25) is 0 Å². The third-order valence-corrected chi connectivity index (χ3v) is 4.21. The van der Waals surface area contributed by atoms with Gasteiger partial charge in [0.15, 0.2) is 22.8 Å². The molecule has 0 unspecified atom stereocenters. The molecule has 0 spiro atoms. The monoisotopic (exact) mass is 336 g/mol. The number of hydrogen-bond donors (Lipinski definition) is 2. The highest BCUT2D eigenvalue weighted by atomic mass is 19.2. The van der Waals surface area contributed by atoms with Gasteiger partial charge in [-0.15, -0.1) is 4.79 Å². The second-order valence-corrected chi connectivity index (χ2v) is 5.70. The zero-order valence-electron chi connectivity index (χ0n) is 12.7. The van der Waals surface area contributed by atoms with E-state index in [9.17, 15) is 8.87 Å². The number of para-hydroxylation sites is 1. The van der Waals surface area contributed by atoms with Gasteiger partial charge >= 0.3 is 6.08 Å². The number of H-pyrrole nitrogens is 1. The van der Waals surface area contributed by atoms with Crippen molar-refractivity contribution in [2.75, 3.05) is 5.73 Å². The van der Waals surface area contributed by atoms with Crippen LogP contribution in [0.25, 0.3) is 44.4 Å². The molecular weight excluding hydrogens is 326 g/mol. The van der Waals surface area contributed by atoms with E-state index in [0.29, 0.717) is 5.56 Å². The first kappa shape index (κ1) is 13.8. The Labute approximate surface area is 138 Å². The van der Waals surface area contributed by atoms with Crippen molar-refractivity contribution in [2.45, 2.75) is 0 Å². The minimum Gasteiger partial charge on any atom is -0.382 e. The third-order valence-electron chi connectivity index (χ3n) is 4.21. The normalized spacial score (nSPS) is 11.8. The molecule has 2 aromatic carbocycles. The van der Waals surface area contributed by atoms with Gasteiger partial charge in [-0.25, -0.2) is 9.97 Å². The van der Waals surface area contributed by atoms with Crippen molar-refractivity contribution < 1.29 is 8.87 Å². The molecule has 6 nitrogen and oxygen atoms in total. The Morgan fingerprint density at radius 1 is 0.960 bits per heavy atom. The Balaban J connectivity index is 1.77. The van der Waals surface area contributed by atoms with Gasteiger partial charge in [-0.1, -0.05) is 22.7 Å². The van der Waals surface area contributed by atoms with E-state index >= 15 is 0 Å². The molecule has 25 heavy (non-hydrogen) atoms. The largest absolute Gasteiger partial charge is 0.382 e. The molecule has 0 aliphatic heterocycles. The van der Waals surface area contributed by atoms with E-state index in [-0.39, 0.29) is 27.6 Å². The number of rotatable bonds is 1. The van der Waals surface area contributed by atoms with E-state index < -0.39 is 6.08 Å². The molecule has 0 saturated carbocycles. The highest BCUT2D eigenvalue weighted by molar-refractivity contribution is 6.08. The number of nitrogens with zero attached hydrogens (tertiary/aromatic N) is 4. The maximum absolute atomic E-state index is 13.6. The number of nitrogens with one attached hydrogen (secondary N) is 1. The van der Waals surface area contributed by atoms with Crippen LogP contribution >= 0.6 is 0 Å². The molecule has 0 fully saturated rings. The van der Waals surface area contributed by atoms with Crippen LogP contribution in [-0.4, -0.2) is 24.7 Å². The molecule has 0 bridgehead atoms. The fraction of sp³-hybridized carbons (Fsp3) is 0. The predicted octanol–water partition coefficient (Wildman–Crippen LogP) is 3.58. The van der Waals surface area contributed by atoms with Gasteiger partial charge in [0.2, 0.25) is 0 Å². The highest BCUT2D eigenvalue weighted by Crippen LogP contribution is 2.30. The first-order valence-corrected chi connectivity index (χ1v) is 7.50. The van der Waals surface area contributed by atoms with Crippen LogP contribution in [0.15, 0.2) is 42.5 Å². The van der Waals surface area contributed by atoms with E-state index in [0.717, 1.165) is 21.8 Å². The second kappa shape index (κ2) is 4.73. The van der Waals surface area contributed by atoms with Crippen molar-refractivity contribution in [1.29, 1.82) is 0 Å². The number of halogens is 2. The molecular formula is C17H10F2N6. The average molecular weight is 336 g/mol. The minimum atomic E-state index is -1.31. The molecule has 122 valence electrons. The lowest BCUT2D eigenvalue weighted by molar-refractivity contribution is 0.301. The smallest absolute Gasteiger partial charge is 0.320 e. The zero-order valence-corrected chi connectivity index (χ0v) is 12.7. The molecule has 8 heteroatoms. The molecule has 5 aromatic rings. The number of aromatic amines is 1. The fourth-order valence-electron chi connectivity index (χ4n) is 3.07. The Morgan fingerprint density at radius 3 is 2.64 bits per heavy atom. The van der Waals surface area contributed by atoms with Gasteiger partial charge in [-0.05, 0) is 24.3 Å². The van der Waals surface area contributed by atoms with Crippen molar-refractivity contribution in [3.05, 3.63) is 48.5 Å². The number of nitrogen functional groups attached to an aromatic ring is 1. The molecule has 0 aliphatic carbocycles. The molecule has 0 amide bonds. The molecule has 5 rings (SSSR count). The molecule has 3 heterocycles. The highest BCUT2D eigenvalue weighted by Gasteiger charge is 2.18. The van der Waals surface area contributed by atoms with Crippen molar-refractivity contribution in [1.82, 2.24) is 24.7 Å². The van der Waals surface area contributed by atoms with Gasteiger partial charge in [-0.2, -0.15) is 9.37 Å². The van der Waals surface area contributed by atoms with Crippen LogP contribution in [0.5, 0.6) is 0 Å². The topological polar surface area (TPSA) is 85.4 Å². The van der Waals surface area contributed by atoms with Crippen LogP contribution < -0.4 is 5.73 Å². The van der Waals surface area contributed by atoms with Gasteiger partial charge in [0.25, 0.3) is 0 Å². The summed E-state index contributed by atoms with van der Waals surface area (Å²) >= 11 is 0. The summed E-state index contributed by atoms with van der Waals surface area (Å²) in [6.07, 6.45) is -1.31. The molecule has 0 aliphatic rings. The SMILES string of the molecule is Nc1nc(-c2ccc3[nH]c4ccccc4c3c2)nc2nc(F)n(F)c12. The first-order valence-electron chi connectivity index (χ1n) is 7.50. The summed E-state index contributed by atoms with van der Waals surface area (Å²) in [5, 5.41) is 2.06. The zero-order chi connectivity index (χ0) is 17.1. The summed E-state index contributed by atoms with van der Waals surface area (Å²) in [5.41, 5.74) is 8.04. The lowest BCUT2D eigenvalue weighted by Gasteiger charge is -2.03. The number of aromatic nitrogens is 5. The quantitative estimate of drug-likeness (QED) is 0.458. The minimum absolute atomic E-state index is 0.124. The standard InChI is InChI=1S/C17H10F2N6/c18-17-24-16-13(25(17)19)14(20)22-15(23-16)8-5-6-12-10(7-8)9-3-1-2-4-11(9)21-12/h1-7,21H,(H2,20,22,23). The Morgan fingerprint density at radius 2 is 1.76 bits per heavy atom. The van der Waals surface area contributed by atoms with Crippen LogP contribution in [-0.2, 0) is 0 Å². The first-order chi connectivity index (χ1) is 12.1. The maximum atomic E-state index is 13.6. The van der Waals surface area contributed by atoms with Crippen LogP contribution in [0.1, 0.15) is 0 Å². The summed E-state index contributed by atoms with van der Waals surface area (Å²) in [7, 11) is 0. The van der Waals surface area contributed by atoms with Gasteiger partial charge in [-0.3, -0.25) is 0 Å². The third kappa shape index (κ3) is 1.90. The molecule has 3 N–H and O–H groups in total. The summed E-state index contributed by atoms with van der Waals surface area (Å²) in [4.78, 5) is 14.8.